The summed E-state index contributed by atoms with van der Waals surface area (Å²) in [4.78, 5) is 26.2. The van der Waals surface area contributed by atoms with Crippen molar-refractivity contribution >= 4 is 29.1 Å². The highest BCUT2D eigenvalue weighted by Gasteiger charge is 2.36. The Balaban J connectivity index is 1.71. The van der Waals surface area contributed by atoms with E-state index in [1.54, 1.807) is 24.3 Å². The lowest BCUT2D eigenvalue weighted by atomic mass is 10.1. The Kier molecular flexibility index (Phi) is 5.41. The van der Waals surface area contributed by atoms with Gasteiger partial charge in [0.1, 0.15) is 6.04 Å². The zero-order valence-corrected chi connectivity index (χ0v) is 14.8. The number of carbonyl (C=O) groups is 2. The normalized spacial score (nSPS) is 17.3. The van der Waals surface area contributed by atoms with Crippen molar-refractivity contribution in [2.24, 2.45) is 0 Å². The lowest BCUT2D eigenvalue weighted by Gasteiger charge is -2.24. The Labute approximate surface area is 158 Å². The number of halogens is 4. The Morgan fingerprint density at radius 1 is 1.15 bits per heavy atom. The van der Waals surface area contributed by atoms with Gasteiger partial charge < -0.3 is 10.2 Å². The number of carbonyl (C=O) groups excluding carboxylic acids is 2. The topological polar surface area (TPSA) is 49.4 Å². The number of rotatable bonds is 4. The zero-order chi connectivity index (χ0) is 19.6. The summed E-state index contributed by atoms with van der Waals surface area (Å²) in [6.07, 6.45) is -3.86. The van der Waals surface area contributed by atoms with Gasteiger partial charge in [-0.15, -0.1) is 0 Å². The predicted octanol–water partition coefficient (Wildman–Crippen LogP) is 4.49. The molecule has 142 valence electrons. The van der Waals surface area contributed by atoms with Gasteiger partial charge in [0, 0.05) is 23.7 Å². The van der Waals surface area contributed by atoms with Gasteiger partial charge >= 0.3 is 6.18 Å². The first kappa shape index (κ1) is 19.2. The average molecular weight is 397 g/mol. The molecule has 4 nitrogen and oxygen atoms in total. The number of nitrogens with one attached hydrogen (secondary N) is 1. The van der Waals surface area contributed by atoms with Crippen molar-refractivity contribution in [3.8, 4) is 0 Å². The molecule has 0 bridgehead atoms. The molecule has 2 aromatic carbocycles. The molecule has 1 saturated heterocycles. The second kappa shape index (κ2) is 7.60. The van der Waals surface area contributed by atoms with Gasteiger partial charge in [-0.05, 0) is 42.3 Å². The van der Waals surface area contributed by atoms with E-state index in [2.05, 4.69) is 5.32 Å². The predicted molar refractivity (Wildman–Crippen MR) is 95.1 cm³/mol. The van der Waals surface area contributed by atoms with Crippen LogP contribution in [0.3, 0.4) is 0 Å². The van der Waals surface area contributed by atoms with Crippen molar-refractivity contribution in [1.29, 1.82) is 0 Å². The molecule has 1 unspecified atom stereocenters. The zero-order valence-electron chi connectivity index (χ0n) is 14.1. The highest BCUT2D eigenvalue weighted by atomic mass is 35.5. The van der Waals surface area contributed by atoms with Gasteiger partial charge in [-0.1, -0.05) is 29.8 Å². The molecule has 0 spiro atoms. The minimum Gasteiger partial charge on any atom is -0.326 e. The first-order chi connectivity index (χ1) is 12.8. The standard InChI is InChI=1S/C19H16ClF3N2O2/c20-15-4-2-1-3-12(15)11-25-16(9-10-17(25)26)18(27)24-14-7-5-13(6-8-14)19(21,22)23/h1-8,16H,9-11H2,(H,24,27). The van der Waals surface area contributed by atoms with E-state index in [4.69, 9.17) is 11.6 Å². The average Bonchev–Trinajstić information content (AvgIpc) is 2.97. The van der Waals surface area contributed by atoms with Crippen molar-refractivity contribution in [2.45, 2.75) is 31.6 Å². The van der Waals surface area contributed by atoms with Gasteiger partial charge in [-0.3, -0.25) is 9.59 Å². The van der Waals surface area contributed by atoms with Crippen LogP contribution in [0.4, 0.5) is 18.9 Å². The summed E-state index contributed by atoms with van der Waals surface area (Å²) in [6, 6.07) is 10.5. The largest absolute Gasteiger partial charge is 0.416 e. The third-order valence-corrected chi connectivity index (χ3v) is 4.78. The maximum Gasteiger partial charge on any atom is 0.416 e. The van der Waals surface area contributed by atoms with E-state index in [0.29, 0.717) is 11.4 Å². The first-order valence-electron chi connectivity index (χ1n) is 8.26. The molecule has 3 rings (SSSR count). The summed E-state index contributed by atoms with van der Waals surface area (Å²) < 4.78 is 37.9. The molecule has 27 heavy (non-hydrogen) atoms. The molecule has 0 aliphatic carbocycles. The molecule has 2 amide bonds. The summed E-state index contributed by atoms with van der Waals surface area (Å²) >= 11 is 6.13. The smallest absolute Gasteiger partial charge is 0.326 e. The van der Waals surface area contributed by atoms with E-state index < -0.39 is 23.7 Å². The Morgan fingerprint density at radius 3 is 2.44 bits per heavy atom. The minimum atomic E-state index is -4.44. The van der Waals surface area contributed by atoms with Crippen LogP contribution in [0.5, 0.6) is 0 Å². The molecule has 1 fully saturated rings. The van der Waals surface area contributed by atoms with E-state index in [0.717, 1.165) is 17.7 Å². The molecule has 0 aromatic heterocycles. The molecular formula is C19H16ClF3N2O2. The summed E-state index contributed by atoms with van der Waals surface area (Å²) in [7, 11) is 0. The number of benzene rings is 2. The molecule has 0 saturated carbocycles. The van der Waals surface area contributed by atoms with Crippen LogP contribution in [0.25, 0.3) is 0 Å². The van der Waals surface area contributed by atoms with Crippen LogP contribution < -0.4 is 5.32 Å². The molecule has 1 heterocycles. The molecule has 1 N–H and O–H groups in total. The van der Waals surface area contributed by atoms with E-state index >= 15 is 0 Å². The van der Waals surface area contributed by atoms with Crippen molar-refractivity contribution in [2.75, 3.05) is 5.32 Å². The number of alkyl halides is 3. The Morgan fingerprint density at radius 2 is 1.81 bits per heavy atom. The summed E-state index contributed by atoms with van der Waals surface area (Å²) in [5.41, 5.74) is 0.170. The van der Waals surface area contributed by atoms with E-state index in [9.17, 15) is 22.8 Å². The molecule has 8 heteroatoms. The van der Waals surface area contributed by atoms with Crippen LogP contribution in [0.15, 0.2) is 48.5 Å². The SMILES string of the molecule is O=C(Nc1ccc(C(F)(F)F)cc1)C1CCC(=O)N1Cc1ccccc1Cl. The van der Waals surface area contributed by atoms with E-state index in [1.807, 2.05) is 0 Å². The number of hydrogen-bond acceptors (Lipinski definition) is 2. The monoisotopic (exact) mass is 396 g/mol. The minimum absolute atomic E-state index is 0.164. The van der Waals surface area contributed by atoms with Gasteiger partial charge in [0.15, 0.2) is 0 Å². The fraction of sp³-hybridized carbons (Fsp3) is 0.263. The van der Waals surface area contributed by atoms with Crippen LogP contribution in [-0.2, 0) is 22.3 Å². The van der Waals surface area contributed by atoms with Crippen molar-refractivity contribution in [3.05, 3.63) is 64.7 Å². The second-order valence-corrected chi connectivity index (χ2v) is 6.64. The van der Waals surface area contributed by atoms with Gasteiger partial charge in [0.25, 0.3) is 0 Å². The van der Waals surface area contributed by atoms with Gasteiger partial charge in [-0.25, -0.2) is 0 Å². The molecule has 2 aromatic rings. The summed E-state index contributed by atoms with van der Waals surface area (Å²) in [5.74, 6) is -0.602. The van der Waals surface area contributed by atoms with Crippen LogP contribution >= 0.6 is 11.6 Å². The third-order valence-electron chi connectivity index (χ3n) is 4.41. The number of hydrogen-bond donors (Lipinski definition) is 1. The number of nitrogens with zero attached hydrogens (tertiary/aromatic N) is 1. The van der Waals surface area contributed by atoms with Gasteiger partial charge in [0.05, 0.1) is 5.56 Å². The molecular weight excluding hydrogens is 381 g/mol. The van der Waals surface area contributed by atoms with Crippen LogP contribution in [0, 0.1) is 0 Å². The molecule has 1 aliphatic heterocycles. The van der Waals surface area contributed by atoms with Crippen LogP contribution in [-0.4, -0.2) is 22.8 Å². The maximum atomic E-state index is 12.6. The van der Waals surface area contributed by atoms with Crippen LogP contribution in [0.2, 0.25) is 5.02 Å². The summed E-state index contributed by atoms with van der Waals surface area (Å²) in [5, 5.41) is 3.08. The summed E-state index contributed by atoms with van der Waals surface area (Å²) in [6.45, 7) is 0.198. The van der Waals surface area contributed by atoms with Crippen molar-refractivity contribution in [3.63, 3.8) is 0 Å². The third kappa shape index (κ3) is 4.42. The highest BCUT2D eigenvalue weighted by molar-refractivity contribution is 6.31. The quantitative estimate of drug-likeness (QED) is 0.827. The van der Waals surface area contributed by atoms with Crippen LogP contribution in [0.1, 0.15) is 24.0 Å². The number of likely N-dealkylation sites (tertiary alicyclic amines) is 1. The molecule has 1 atom stereocenters. The van der Waals surface area contributed by atoms with E-state index in [-0.39, 0.29) is 24.6 Å². The maximum absolute atomic E-state index is 12.6. The second-order valence-electron chi connectivity index (χ2n) is 6.23. The van der Waals surface area contributed by atoms with Crippen molar-refractivity contribution in [1.82, 2.24) is 4.90 Å². The van der Waals surface area contributed by atoms with E-state index in [1.165, 1.54) is 17.0 Å². The first-order valence-corrected chi connectivity index (χ1v) is 8.64. The lowest BCUT2D eigenvalue weighted by molar-refractivity contribution is -0.137. The fourth-order valence-electron chi connectivity index (χ4n) is 2.98. The number of amides is 2. The Bertz CT molecular complexity index is 853. The van der Waals surface area contributed by atoms with Gasteiger partial charge in [-0.2, -0.15) is 13.2 Å². The number of anilines is 1. The molecule has 0 radical (unpaired) electrons. The van der Waals surface area contributed by atoms with Crippen molar-refractivity contribution < 1.29 is 22.8 Å². The van der Waals surface area contributed by atoms with Gasteiger partial charge in [0.2, 0.25) is 11.8 Å². The fourth-order valence-corrected chi connectivity index (χ4v) is 3.18. The lowest BCUT2D eigenvalue weighted by Crippen LogP contribution is -2.41. The highest BCUT2D eigenvalue weighted by Crippen LogP contribution is 2.30. The molecule has 1 aliphatic rings. The Hall–Kier alpha value is -2.54.